The van der Waals surface area contributed by atoms with Crippen LogP contribution in [0, 0.1) is 0 Å². The quantitative estimate of drug-likeness (QED) is 0.855. The molecule has 0 atom stereocenters. The van der Waals surface area contributed by atoms with E-state index in [1.165, 1.54) is 0 Å². The molecule has 0 saturated carbocycles. The van der Waals surface area contributed by atoms with E-state index in [0.29, 0.717) is 19.5 Å². The van der Waals surface area contributed by atoms with Gasteiger partial charge in [-0.3, -0.25) is 9.59 Å². The maximum Gasteiger partial charge on any atom is 0.248 e. The number of nitrogens with zero attached hydrogens (tertiary/aromatic N) is 1. The molecule has 1 aromatic carbocycles. The highest BCUT2D eigenvalue weighted by molar-refractivity contribution is 5.92. The molecule has 96 valence electrons. The zero-order chi connectivity index (χ0) is 13.2. The number of carbonyl (C=O) groups is 2. The summed E-state index contributed by atoms with van der Waals surface area (Å²) in [6.07, 6.45) is 0.363. The minimum Gasteiger partial charge on any atom is -0.342 e. The van der Waals surface area contributed by atoms with E-state index in [2.05, 4.69) is 5.32 Å². The lowest BCUT2D eigenvalue weighted by Gasteiger charge is -2.28. The van der Waals surface area contributed by atoms with Crippen LogP contribution in [0.25, 0.3) is 0 Å². The first kappa shape index (κ1) is 12.6. The number of nitrogens with one attached hydrogen (secondary N) is 1. The predicted octanol–water partition coefficient (Wildman–Crippen LogP) is 1.31. The second kappa shape index (κ2) is 4.80. The topological polar surface area (TPSA) is 49.4 Å². The van der Waals surface area contributed by atoms with E-state index in [9.17, 15) is 9.59 Å². The van der Waals surface area contributed by atoms with E-state index < -0.39 is 5.54 Å². The van der Waals surface area contributed by atoms with Gasteiger partial charge in [0.1, 0.15) is 5.54 Å². The first-order valence-corrected chi connectivity index (χ1v) is 6.13. The SMILES string of the molecule is CC1(C)NC(=O)CCN(Cc2ccccc2)C1=O. The summed E-state index contributed by atoms with van der Waals surface area (Å²) in [6.45, 7) is 4.52. The summed E-state index contributed by atoms with van der Waals surface area (Å²) in [7, 11) is 0. The smallest absolute Gasteiger partial charge is 0.248 e. The van der Waals surface area contributed by atoms with Gasteiger partial charge in [0.05, 0.1) is 0 Å². The van der Waals surface area contributed by atoms with Gasteiger partial charge in [-0.05, 0) is 19.4 Å². The summed E-state index contributed by atoms with van der Waals surface area (Å²) in [5.74, 6) is -0.0962. The zero-order valence-corrected chi connectivity index (χ0v) is 10.8. The molecule has 2 amide bonds. The molecule has 0 bridgehead atoms. The summed E-state index contributed by atoms with van der Waals surface area (Å²) in [6, 6.07) is 9.82. The monoisotopic (exact) mass is 246 g/mol. The minimum absolute atomic E-state index is 0.0304. The largest absolute Gasteiger partial charge is 0.342 e. The van der Waals surface area contributed by atoms with Gasteiger partial charge in [0.2, 0.25) is 11.8 Å². The van der Waals surface area contributed by atoms with E-state index in [-0.39, 0.29) is 11.8 Å². The number of benzene rings is 1. The third kappa shape index (κ3) is 2.70. The Balaban J connectivity index is 2.17. The molecule has 1 aromatic rings. The van der Waals surface area contributed by atoms with Crippen molar-refractivity contribution >= 4 is 11.8 Å². The van der Waals surface area contributed by atoms with Gasteiger partial charge in [-0.2, -0.15) is 0 Å². The van der Waals surface area contributed by atoms with Gasteiger partial charge in [-0.25, -0.2) is 0 Å². The van der Waals surface area contributed by atoms with Crippen LogP contribution in [0.5, 0.6) is 0 Å². The van der Waals surface area contributed by atoms with Crippen molar-refractivity contribution in [3.8, 4) is 0 Å². The van der Waals surface area contributed by atoms with Crippen molar-refractivity contribution in [1.29, 1.82) is 0 Å². The average molecular weight is 246 g/mol. The summed E-state index contributed by atoms with van der Waals surface area (Å²) in [5, 5.41) is 2.75. The van der Waals surface area contributed by atoms with Crippen molar-refractivity contribution in [3.05, 3.63) is 35.9 Å². The van der Waals surface area contributed by atoms with Crippen molar-refractivity contribution in [2.45, 2.75) is 32.4 Å². The standard InChI is InChI=1S/C14H18N2O2/c1-14(2)13(18)16(9-8-12(17)15-14)10-11-6-4-3-5-7-11/h3-7H,8-10H2,1-2H3,(H,15,17). The van der Waals surface area contributed by atoms with Crippen molar-refractivity contribution in [3.63, 3.8) is 0 Å². The molecule has 0 aromatic heterocycles. The average Bonchev–Trinajstić information content (AvgIpc) is 2.42. The molecule has 1 saturated heterocycles. The third-order valence-corrected chi connectivity index (χ3v) is 3.10. The Morgan fingerprint density at radius 1 is 1.22 bits per heavy atom. The van der Waals surface area contributed by atoms with E-state index in [1.807, 2.05) is 30.3 Å². The minimum atomic E-state index is -0.817. The van der Waals surface area contributed by atoms with Crippen molar-refractivity contribution in [1.82, 2.24) is 10.2 Å². The zero-order valence-electron chi connectivity index (χ0n) is 10.8. The van der Waals surface area contributed by atoms with Gasteiger partial charge in [-0.15, -0.1) is 0 Å². The summed E-state index contributed by atoms with van der Waals surface area (Å²) < 4.78 is 0. The van der Waals surface area contributed by atoms with Gasteiger partial charge in [0.25, 0.3) is 0 Å². The van der Waals surface area contributed by atoms with Crippen LogP contribution in [-0.2, 0) is 16.1 Å². The van der Waals surface area contributed by atoms with Crippen molar-refractivity contribution in [2.75, 3.05) is 6.54 Å². The molecule has 4 nitrogen and oxygen atoms in total. The number of carbonyl (C=O) groups excluding carboxylic acids is 2. The lowest BCUT2D eigenvalue weighted by Crippen LogP contribution is -2.52. The Morgan fingerprint density at radius 2 is 1.89 bits per heavy atom. The summed E-state index contributed by atoms with van der Waals surface area (Å²) in [4.78, 5) is 25.6. The molecule has 4 heteroatoms. The molecule has 0 radical (unpaired) electrons. The first-order valence-electron chi connectivity index (χ1n) is 6.13. The maximum atomic E-state index is 12.3. The fraction of sp³-hybridized carbons (Fsp3) is 0.429. The molecule has 1 heterocycles. The second-order valence-corrected chi connectivity index (χ2v) is 5.14. The van der Waals surface area contributed by atoms with Gasteiger partial charge in [0.15, 0.2) is 0 Å². The molecule has 0 spiro atoms. The van der Waals surface area contributed by atoms with E-state index in [0.717, 1.165) is 5.56 Å². The Hall–Kier alpha value is -1.84. The lowest BCUT2D eigenvalue weighted by molar-refractivity contribution is -0.137. The van der Waals surface area contributed by atoms with Crippen molar-refractivity contribution in [2.24, 2.45) is 0 Å². The fourth-order valence-electron chi connectivity index (χ4n) is 2.15. The van der Waals surface area contributed by atoms with Crippen molar-refractivity contribution < 1.29 is 9.59 Å². The van der Waals surface area contributed by atoms with Gasteiger partial charge < -0.3 is 10.2 Å². The Labute approximate surface area is 107 Å². The number of amides is 2. The molecule has 1 N–H and O–H groups in total. The van der Waals surface area contributed by atoms with Gasteiger partial charge in [0, 0.05) is 19.5 Å². The Kier molecular flexibility index (Phi) is 3.36. The number of hydrogen-bond donors (Lipinski definition) is 1. The first-order chi connectivity index (χ1) is 8.49. The molecule has 1 aliphatic rings. The summed E-state index contributed by atoms with van der Waals surface area (Å²) >= 11 is 0. The highest BCUT2D eigenvalue weighted by Crippen LogP contribution is 2.16. The third-order valence-electron chi connectivity index (χ3n) is 3.10. The van der Waals surface area contributed by atoms with E-state index in [1.54, 1.807) is 18.7 Å². The number of rotatable bonds is 2. The van der Waals surface area contributed by atoms with Crippen LogP contribution in [0.2, 0.25) is 0 Å². The van der Waals surface area contributed by atoms with Crippen LogP contribution in [0.3, 0.4) is 0 Å². The van der Waals surface area contributed by atoms with Crippen LogP contribution in [0.4, 0.5) is 0 Å². The predicted molar refractivity (Wildman–Crippen MR) is 68.7 cm³/mol. The molecule has 0 aliphatic carbocycles. The molecular weight excluding hydrogens is 228 g/mol. The van der Waals surface area contributed by atoms with Gasteiger partial charge in [-0.1, -0.05) is 30.3 Å². The van der Waals surface area contributed by atoms with E-state index >= 15 is 0 Å². The van der Waals surface area contributed by atoms with Crippen LogP contribution in [-0.4, -0.2) is 28.8 Å². The molecule has 2 rings (SSSR count). The summed E-state index contributed by atoms with van der Waals surface area (Å²) in [5.41, 5.74) is 0.263. The molecule has 1 aliphatic heterocycles. The molecule has 1 fully saturated rings. The highest BCUT2D eigenvalue weighted by atomic mass is 16.2. The van der Waals surface area contributed by atoms with Crippen LogP contribution < -0.4 is 5.32 Å². The normalized spacial score (nSPS) is 19.3. The van der Waals surface area contributed by atoms with Crippen LogP contribution in [0.15, 0.2) is 30.3 Å². The van der Waals surface area contributed by atoms with Crippen LogP contribution in [0.1, 0.15) is 25.8 Å². The second-order valence-electron chi connectivity index (χ2n) is 5.14. The Morgan fingerprint density at radius 3 is 2.56 bits per heavy atom. The maximum absolute atomic E-state index is 12.3. The molecular formula is C14H18N2O2. The van der Waals surface area contributed by atoms with Crippen LogP contribution >= 0.6 is 0 Å². The number of hydrogen-bond acceptors (Lipinski definition) is 2. The lowest BCUT2D eigenvalue weighted by atomic mass is 10.0. The molecule has 18 heavy (non-hydrogen) atoms. The molecule has 0 unspecified atom stereocenters. The van der Waals surface area contributed by atoms with E-state index in [4.69, 9.17) is 0 Å². The highest BCUT2D eigenvalue weighted by Gasteiger charge is 2.36. The van der Waals surface area contributed by atoms with Gasteiger partial charge >= 0.3 is 0 Å². The Bertz CT molecular complexity index is 454. The fourth-order valence-corrected chi connectivity index (χ4v) is 2.15.